The Labute approximate surface area is 200 Å². The number of benzene rings is 3. The lowest BCUT2D eigenvalue weighted by atomic mass is 9.93. The van der Waals surface area contributed by atoms with Crippen molar-refractivity contribution in [2.24, 2.45) is 15.0 Å². The topological polar surface area (TPSA) is 43.6 Å². The lowest BCUT2D eigenvalue weighted by Gasteiger charge is -2.32. The van der Waals surface area contributed by atoms with Crippen molar-refractivity contribution in [3.05, 3.63) is 108 Å². The van der Waals surface area contributed by atoms with Crippen LogP contribution < -0.4 is 4.90 Å². The summed E-state index contributed by atoms with van der Waals surface area (Å²) in [5.41, 5.74) is 7.79. The van der Waals surface area contributed by atoms with E-state index >= 15 is 0 Å². The molecular weight excluding hydrogens is 418 g/mol. The molecule has 0 radical (unpaired) electrons. The Balaban J connectivity index is 1.62. The third kappa shape index (κ3) is 4.08. The third-order valence-corrected chi connectivity index (χ3v) is 6.23. The van der Waals surface area contributed by atoms with Crippen LogP contribution >= 0.6 is 0 Å². The van der Waals surface area contributed by atoms with Gasteiger partial charge in [-0.05, 0) is 56.1 Å². The first-order valence-electron chi connectivity index (χ1n) is 11.4. The Hall–Kier alpha value is -4.25. The Morgan fingerprint density at radius 1 is 0.853 bits per heavy atom. The molecule has 0 bridgehead atoms. The van der Waals surface area contributed by atoms with Crippen LogP contribution in [0.3, 0.4) is 0 Å². The zero-order valence-electron chi connectivity index (χ0n) is 19.1. The second-order valence-corrected chi connectivity index (χ2v) is 8.23. The van der Waals surface area contributed by atoms with E-state index in [4.69, 9.17) is 4.99 Å². The Morgan fingerprint density at radius 2 is 1.59 bits per heavy atom. The summed E-state index contributed by atoms with van der Waals surface area (Å²) in [6.07, 6.45) is 6.49. The fourth-order valence-electron chi connectivity index (χ4n) is 4.63. The monoisotopic (exact) mass is 445 g/mol. The van der Waals surface area contributed by atoms with Gasteiger partial charge in [-0.2, -0.15) is 0 Å². The van der Waals surface area contributed by atoms with Gasteiger partial charge in [0.1, 0.15) is 6.67 Å². The minimum atomic E-state index is 0.459. The van der Waals surface area contributed by atoms with Crippen LogP contribution in [0.1, 0.15) is 24.0 Å². The number of nitrogens with zero attached hydrogens (tertiary/aromatic N) is 5. The standard InChI is InChI=1S/C29H27N5/c1-30-25-16-8-11-19-28(25)34-21-33(20-32-29(31-2)22-12-4-3-5-13-22)26-17-9-6-14-23(26)24-15-7-10-18-27(24)34/h3-5,7-13,15-19H,1-2,6,14,20-21H2/b32-29-. The van der Waals surface area contributed by atoms with Gasteiger partial charge in [-0.3, -0.25) is 4.99 Å². The highest BCUT2D eigenvalue weighted by molar-refractivity contribution is 6.01. The Kier molecular flexibility index (Phi) is 6.17. The fourth-order valence-corrected chi connectivity index (χ4v) is 4.63. The second kappa shape index (κ2) is 9.71. The summed E-state index contributed by atoms with van der Waals surface area (Å²) >= 11 is 0. The number of para-hydroxylation sites is 3. The van der Waals surface area contributed by atoms with Crippen LogP contribution in [0, 0.1) is 0 Å². The Morgan fingerprint density at radius 3 is 2.38 bits per heavy atom. The maximum absolute atomic E-state index is 4.89. The molecule has 34 heavy (non-hydrogen) atoms. The fraction of sp³-hybridized carbons (Fsp3) is 0.138. The van der Waals surface area contributed by atoms with Gasteiger partial charge in [0.25, 0.3) is 0 Å². The van der Waals surface area contributed by atoms with E-state index in [9.17, 15) is 0 Å². The molecule has 0 N–H and O–H groups in total. The van der Waals surface area contributed by atoms with Gasteiger partial charge in [-0.1, -0.05) is 66.7 Å². The molecule has 0 aromatic heterocycles. The molecule has 0 spiro atoms. The highest BCUT2D eigenvalue weighted by Gasteiger charge is 2.28. The molecule has 0 amide bonds. The van der Waals surface area contributed by atoms with Crippen molar-refractivity contribution < 1.29 is 0 Å². The maximum Gasteiger partial charge on any atom is 0.155 e. The van der Waals surface area contributed by atoms with Crippen molar-refractivity contribution in [2.75, 3.05) is 18.2 Å². The number of amidine groups is 1. The molecule has 0 fully saturated rings. The lowest BCUT2D eigenvalue weighted by molar-refractivity contribution is 0.377. The van der Waals surface area contributed by atoms with Crippen molar-refractivity contribution in [3.63, 3.8) is 0 Å². The molecule has 1 aliphatic carbocycles. The molecule has 0 atom stereocenters. The van der Waals surface area contributed by atoms with E-state index in [0.717, 1.165) is 35.5 Å². The summed E-state index contributed by atoms with van der Waals surface area (Å²) in [5.74, 6) is 0.643. The van der Waals surface area contributed by atoms with E-state index in [-0.39, 0.29) is 0 Å². The van der Waals surface area contributed by atoms with Gasteiger partial charge >= 0.3 is 0 Å². The number of hydrogen-bond acceptors (Lipinski definition) is 4. The normalized spacial score (nSPS) is 15.5. The largest absolute Gasteiger partial charge is 0.334 e. The molecule has 3 aromatic carbocycles. The average Bonchev–Trinajstić information content (AvgIpc) is 3.05. The predicted molar refractivity (Wildman–Crippen MR) is 144 cm³/mol. The number of hydrogen-bond donors (Lipinski definition) is 0. The van der Waals surface area contributed by atoms with E-state index < -0.39 is 0 Å². The zero-order chi connectivity index (χ0) is 23.3. The quantitative estimate of drug-likeness (QED) is 0.328. The summed E-state index contributed by atoms with van der Waals surface area (Å²) < 4.78 is 0. The summed E-state index contributed by atoms with van der Waals surface area (Å²) in [7, 11) is 0. The predicted octanol–water partition coefficient (Wildman–Crippen LogP) is 6.60. The number of aliphatic imine (C=N–C) groups is 3. The number of fused-ring (bicyclic) bond motifs is 2. The van der Waals surface area contributed by atoms with Crippen molar-refractivity contribution >= 4 is 41.9 Å². The lowest BCUT2D eigenvalue weighted by Crippen LogP contribution is -2.34. The minimum absolute atomic E-state index is 0.459. The van der Waals surface area contributed by atoms with Crippen molar-refractivity contribution in [1.29, 1.82) is 0 Å². The molecule has 5 heteroatoms. The molecule has 5 rings (SSSR count). The first-order chi connectivity index (χ1) is 16.8. The van der Waals surface area contributed by atoms with Gasteiger partial charge in [0.15, 0.2) is 5.84 Å². The SMILES string of the molecule is C=N/C(=N\CN1CN(c2ccccc2N=C)c2ccccc2C2=C1C=CCC2)c1ccccc1. The van der Waals surface area contributed by atoms with E-state index in [0.29, 0.717) is 19.2 Å². The van der Waals surface area contributed by atoms with Crippen LogP contribution in [0.25, 0.3) is 5.57 Å². The van der Waals surface area contributed by atoms with Crippen LogP contribution in [0.5, 0.6) is 0 Å². The van der Waals surface area contributed by atoms with E-state index in [1.807, 2.05) is 48.5 Å². The molecule has 0 unspecified atom stereocenters. The molecule has 1 heterocycles. The zero-order valence-corrected chi connectivity index (χ0v) is 19.1. The molecule has 168 valence electrons. The first-order valence-corrected chi connectivity index (χ1v) is 11.4. The second-order valence-electron chi connectivity index (χ2n) is 8.23. The molecule has 0 saturated carbocycles. The third-order valence-electron chi connectivity index (χ3n) is 6.23. The van der Waals surface area contributed by atoms with Crippen LogP contribution in [0.15, 0.2) is 112 Å². The highest BCUT2D eigenvalue weighted by atomic mass is 15.4. The van der Waals surface area contributed by atoms with Crippen LogP contribution in [-0.2, 0) is 0 Å². The van der Waals surface area contributed by atoms with Gasteiger partial charge in [0.2, 0.25) is 0 Å². The molecular formula is C29H27N5. The number of allylic oxidation sites excluding steroid dienone is 3. The minimum Gasteiger partial charge on any atom is -0.334 e. The van der Waals surface area contributed by atoms with E-state index in [1.165, 1.54) is 16.8 Å². The molecule has 0 saturated heterocycles. The molecule has 5 nitrogen and oxygen atoms in total. The van der Waals surface area contributed by atoms with Gasteiger partial charge in [0.05, 0.1) is 23.7 Å². The number of anilines is 2. The van der Waals surface area contributed by atoms with Gasteiger partial charge in [0, 0.05) is 16.8 Å². The van der Waals surface area contributed by atoms with Gasteiger partial charge < -0.3 is 9.80 Å². The van der Waals surface area contributed by atoms with Gasteiger partial charge in [-0.15, -0.1) is 0 Å². The molecule has 3 aromatic rings. The van der Waals surface area contributed by atoms with Crippen LogP contribution in [0.4, 0.5) is 17.1 Å². The van der Waals surface area contributed by atoms with Crippen molar-refractivity contribution in [3.8, 4) is 0 Å². The van der Waals surface area contributed by atoms with Gasteiger partial charge in [-0.25, -0.2) is 9.98 Å². The summed E-state index contributed by atoms with van der Waals surface area (Å²) in [5, 5.41) is 0. The van der Waals surface area contributed by atoms with E-state index in [2.05, 4.69) is 75.7 Å². The maximum atomic E-state index is 4.89. The summed E-state index contributed by atoms with van der Waals surface area (Å²) in [6, 6.07) is 26.7. The Bertz CT molecular complexity index is 1300. The highest BCUT2D eigenvalue weighted by Crippen LogP contribution is 2.43. The summed E-state index contributed by atoms with van der Waals surface area (Å²) in [4.78, 5) is 18.0. The van der Waals surface area contributed by atoms with Crippen molar-refractivity contribution in [2.45, 2.75) is 12.8 Å². The van der Waals surface area contributed by atoms with Crippen LogP contribution in [0.2, 0.25) is 0 Å². The summed E-state index contributed by atoms with van der Waals surface area (Å²) in [6.45, 7) is 8.65. The van der Waals surface area contributed by atoms with E-state index in [1.54, 1.807) is 0 Å². The average molecular weight is 446 g/mol. The first kappa shape index (κ1) is 21.6. The molecule has 2 aliphatic rings. The van der Waals surface area contributed by atoms with Crippen LogP contribution in [-0.4, -0.2) is 37.5 Å². The smallest absolute Gasteiger partial charge is 0.155 e. The number of rotatable bonds is 5. The van der Waals surface area contributed by atoms with Crippen molar-refractivity contribution in [1.82, 2.24) is 4.90 Å². The molecule has 1 aliphatic heterocycles.